The van der Waals surface area contributed by atoms with Crippen LogP contribution in [0.5, 0.6) is 0 Å². The summed E-state index contributed by atoms with van der Waals surface area (Å²) in [6.07, 6.45) is 9.70. The van der Waals surface area contributed by atoms with Gasteiger partial charge in [-0.25, -0.2) is 0 Å². The Morgan fingerprint density at radius 3 is 2.43 bits per heavy atom. The molecule has 1 saturated carbocycles. The third-order valence-electron chi connectivity index (χ3n) is 3.22. The van der Waals surface area contributed by atoms with Gasteiger partial charge in [0.05, 0.1) is 0 Å². The Bertz CT molecular complexity index is 176. The van der Waals surface area contributed by atoms with E-state index in [-0.39, 0.29) is 0 Å². The normalized spacial score (nSPS) is 20.4. The Kier molecular flexibility index (Phi) is 5.24. The van der Waals surface area contributed by atoms with E-state index in [0.717, 1.165) is 12.5 Å². The van der Waals surface area contributed by atoms with E-state index in [1.54, 1.807) is 5.57 Å². The van der Waals surface area contributed by atoms with Crippen LogP contribution in [0.25, 0.3) is 0 Å². The molecule has 0 aromatic carbocycles. The van der Waals surface area contributed by atoms with E-state index in [1.807, 2.05) is 7.05 Å². The molecule has 0 spiro atoms. The van der Waals surface area contributed by atoms with Crippen molar-refractivity contribution in [3.63, 3.8) is 0 Å². The lowest BCUT2D eigenvalue weighted by atomic mass is 9.86. The molecule has 1 rings (SSSR count). The first-order chi connectivity index (χ1) is 6.74. The summed E-state index contributed by atoms with van der Waals surface area (Å²) >= 11 is 0. The average molecular weight is 195 g/mol. The third kappa shape index (κ3) is 3.83. The number of hydrogen-bond acceptors (Lipinski definition) is 1. The highest BCUT2D eigenvalue weighted by molar-refractivity contribution is 5.09. The lowest BCUT2D eigenvalue weighted by molar-refractivity contribution is 0.415. The minimum Gasteiger partial charge on any atom is -0.316 e. The van der Waals surface area contributed by atoms with E-state index in [4.69, 9.17) is 0 Å². The monoisotopic (exact) mass is 195 g/mol. The van der Waals surface area contributed by atoms with Crippen LogP contribution in [-0.4, -0.2) is 13.6 Å². The fourth-order valence-electron chi connectivity index (χ4n) is 2.26. The smallest absolute Gasteiger partial charge is 0.0164 e. The van der Waals surface area contributed by atoms with Crippen LogP contribution < -0.4 is 5.32 Å². The summed E-state index contributed by atoms with van der Waals surface area (Å²) < 4.78 is 0. The molecule has 0 saturated heterocycles. The highest BCUT2D eigenvalue weighted by Gasteiger charge is 2.12. The molecule has 0 aliphatic heterocycles. The zero-order valence-corrected chi connectivity index (χ0v) is 9.97. The van der Waals surface area contributed by atoms with Crippen LogP contribution in [0.3, 0.4) is 0 Å². The molecule has 14 heavy (non-hydrogen) atoms. The van der Waals surface area contributed by atoms with Gasteiger partial charge in [-0.05, 0) is 31.7 Å². The van der Waals surface area contributed by atoms with E-state index in [9.17, 15) is 0 Å². The van der Waals surface area contributed by atoms with Gasteiger partial charge >= 0.3 is 0 Å². The number of rotatable bonds is 4. The fraction of sp³-hybridized carbons (Fsp3) is 0.846. The maximum absolute atomic E-state index is 3.27. The quantitative estimate of drug-likeness (QED) is 0.678. The van der Waals surface area contributed by atoms with E-state index >= 15 is 0 Å². The second kappa shape index (κ2) is 6.23. The van der Waals surface area contributed by atoms with Crippen LogP contribution in [0.1, 0.15) is 46.0 Å². The van der Waals surface area contributed by atoms with Crippen LogP contribution in [-0.2, 0) is 0 Å². The fourth-order valence-corrected chi connectivity index (χ4v) is 2.26. The summed E-state index contributed by atoms with van der Waals surface area (Å²) in [7, 11) is 2.04. The number of likely N-dealkylation sites (N-methyl/N-ethyl adjacent to an activating group) is 1. The van der Waals surface area contributed by atoms with Gasteiger partial charge in [-0.3, -0.25) is 0 Å². The van der Waals surface area contributed by atoms with E-state index < -0.39 is 0 Å². The van der Waals surface area contributed by atoms with Crippen molar-refractivity contribution >= 4 is 0 Å². The Labute approximate surface area is 89.0 Å². The number of hydrogen-bond donors (Lipinski definition) is 1. The summed E-state index contributed by atoms with van der Waals surface area (Å²) in [5.41, 5.74) is 1.60. The van der Waals surface area contributed by atoms with Gasteiger partial charge in [0, 0.05) is 6.54 Å². The molecule has 0 radical (unpaired) electrons. The molecule has 82 valence electrons. The first-order valence-corrected chi connectivity index (χ1v) is 6.09. The number of allylic oxidation sites excluding steroid dienone is 1. The molecule has 0 aromatic heterocycles. The minimum absolute atomic E-state index is 0.698. The lowest BCUT2D eigenvalue weighted by Gasteiger charge is -2.21. The SMILES string of the molecule is CNCC(=CC1CCCCC1)C(C)C. The standard InChI is InChI=1S/C13H25N/c1-11(2)13(10-14-3)9-12-7-5-4-6-8-12/h9,11-12,14H,4-8,10H2,1-3H3. The van der Waals surface area contributed by atoms with Gasteiger partial charge in [0.25, 0.3) is 0 Å². The summed E-state index contributed by atoms with van der Waals surface area (Å²) in [6, 6.07) is 0. The molecule has 0 unspecified atom stereocenters. The van der Waals surface area contributed by atoms with Crippen LogP contribution in [0.15, 0.2) is 11.6 Å². The molecule has 1 aliphatic carbocycles. The van der Waals surface area contributed by atoms with Crippen molar-refractivity contribution in [2.45, 2.75) is 46.0 Å². The van der Waals surface area contributed by atoms with Gasteiger partial charge < -0.3 is 5.32 Å². The molecule has 0 atom stereocenters. The Morgan fingerprint density at radius 1 is 1.29 bits per heavy atom. The van der Waals surface area contributed by atoms with Crippen molar-refractivity contribution in [2.75, 3.05) is 13.6 Å². The molecular weight excluding hydrogens is 170 g/mol. The van der Waals surface area contributed by atoms with Crippen molar-refractivity contribution < 1.29 is 0 Å². The third-order valence-corrected chi connectivity index (χ3v) is 3.22. The molecule has 1 aliphatic rings. The van der Waals surface area contributed by atoms with Crippen molar-refractivity contribution in [1.29, 1.82) is 0 Å². The molecule has 0 bridgehead atoms. The van der Waals surface area contributed by atoms with Crippen molar-refractivity contribution in [2.24, 2.45) is 11.8 Å². The van der Waals surface area contributed by atoms with Crippen LogP contribution in [0.2, 0.25) is 0 Å². The summed E-state index contributed by atoms with van der Waals surface area (Å²) in [6.45, 7) is 5.66. The second-order valence-corrected chi connectivity index (χ2v) is 4.82. The minimum atomic E-state index is 0.698. The van der Waals surface area contributed by atoms with E-state index in [2.05, 4.69) is 25.2 Å². The topological polar surface area (TPSA) is 12.0 Å². The molecule has 0 heterocycles. The van der Waals surface area contributed by atoms with Gasteiger partial charge in [0.2, 0.25) is 0 Å². The average Bonchev–Trinajstić information content (AvgIpc) is 2.18. The van der Waals surface area contributed by atoms with Gasteiger partial charge in [-0.1, -0.05) is 44.8 Å². The van der Waals surface area contributed by atoms with Gasteiger partial charge in [-0.2, -0.15) is 0 Å². The van der Waals surface area contributed by atoms with Crippen LogP contribution >= 0.6 is 0 Å². The predicted octanol–water partition coefficient (Wildman–Crippen LogP) is 3.37. The molecule has 1 fully saturated rings. The Morgan fingerprint density at radius 2 is 1.93 bits per heavy atom. The van der Waals surface area contributed by atoms with Crippen LogP contribution in [0, 0.1) is 11.8 Å². The summed E-state index contributed by atoms with van der Waals surface area (Å²) in [4.78, 5) is 0. The Balaban J connectivity index is 2.50. The molecular formula is C13H25N. The van der Waals surface area contributed by atoms with Crippen molar-refractivity contribution in [3.05, 3.63) is 11.6 Å². The maximum Gasteiger partial charge on any atom is 0.0164 e. The zero-order chi connectivity index (χ0) is 10.4. The molecule has 1 nitrogen and oxygen atoms in total. The highest BCUT2D eigenvalue weighted by atomic mass is 14.8. The van der Waals surface area contributed by atoms with Crippen LogP contribution in [0.4, 0.5) is 0 Å². The van der Waals surface area contributed by atoms with E-state index in [1.165, 1.54) is 32.1 Å². The zero-order valence-electron chi connectivity index (χ0n) is 9.97. The molecule has 1 N–H and O–H groups in total. The summed E-state index contributed by atoms with van der Waals surface area (Å²) in [5, 5.41) is 3.27. The van der Waals surface area contributed by atoms with Gasteiger partial charge in [0.15, 0.2) is 0 Å². The first-order valence-electron chi connectivity index (χ1n) is 6.09. The van der Waals surface area contributed by atoms with E-state index in [0.29, 0.717) is 5.92 Å². The number of nitrogens with one attached hydrogen (secondary N) is 1. The molecule has 0 aromatic rings. The molecule has 0 amide bonds. The second-order valence-electron chi connectivity index (χ2n) is 4.82. The lowest BCUT2D eigenvalue weighted by Crippen LogP contribution is -2.16. The largest absolute Gasteiger partial charge is 0.316 e. The molecule has 1 heteroatoms. The summed E-state index contributed by atoms with van der Waals surface area (Å²) in [5.74, 6) is 1.57. The van der Waals surface area contributed by atoms with Crippen molar-refractivity contribution in [3.8, 4) is 0 Å². The Hall–Kier alpha value is -0.300. The first kappa shape index (κ1) is 11.8. The van der Waals surface area contributed by atoms with Gasteiger partial charge in [-0.15, -0.1) is 0 Å². The van der Waals surface area contributed by atoms with Crippen molar-refractivity contribution in [1.82, 2.24) is 5.32 Å². The predicted molar refractivity (Wildman–Crippen MR) is 63.4 cm³/mol. The van der Waals surface area contributed by atoms with Gasteiger partial charge in [0.1, 0.15) is 0 Å². The highest BCUT2D eigenvalue weighted by Crippen LogP contribution is 2.26. The maximum atomic E-state index is 3.27.